The Morgan fingerprint density at radius 1 is 0.488 bits per heavy atom. The van der Waals surface area contributed by atoms with Crippen LogP contribution in [0.15, 0.2) is 118 Å². The van der Waals surface area contributed by atoms with Crippen molar-refractivity contribution in [2.24, 2.45) is 11.8 Å². The number of nitrogens with zero attached hydrogens (tertiary/aromatic N) is 4. The first-order chi connectivity index (χ1) is 39.4. The van der Waals surface area contributed by atoms with E-state index in [0.717, 1.165) is 55.0 Å². The second-order valence-electron chi connectivity index (χ2n) is 25.0. The van der Waals surface area contributed by atoms with E-state index in [1.807, 2.05) is 123 Å². The summed E-state index contributed by atoms with van der Waals surface area (Å²) in [4.78, 5) is 90.0. The number of benzene rings is 4. The monoisotopic (exact) mass is 1150 g/mol. The number of oxazole rings is 2. The van der Waals surface area contributed by atoms with Gasteiger partial charge in [-0.3, -0.25) is 9.59 Å². The summed E-state index contributed by atoms with van der Waals surface area (Å²) < 4.78 is 45.7. The van der Waals surface area contributed by atoms with Gasteiger partial charge in [0.05, 0.1) is 24.6 Å². The van der Waals surface area contributed by atoms with E-state index in [4.69, 9.17) is 37.3 Å². The Labute approximate surface area is 492 Å². The fraction of sp³-hybridized carbons (Fsp3) is 0.455. The highest BCUT2D eigenvalue weighted by Crippen LogP contribution is 2.35. The van der Waals surface area contributed by atoms with Crippen molar-refractivity contribution in [2.45, 2.75) is 170 Å². The number of hydrogen-bond donors (Lipinski definition) is 0. The summed E-state index contributed by atoms with van der Waals surface area (Å²) in [6.45, 7) is 25.3. The van der Waals surface area contributed by atoms with Crippen LogP contribution in [0.1, 0.15) is 130 Å². The second kappa shape index (κ2) is 26.5. The lowest BCUT2D eigenvalue weighted by Crippen LogP contribution is -2.47. The molecule has 84 heavy (non-hydrogen) atoms. The quantitative estimate of drug-likeness (QED) is 0.0650. The number of rotatable bonds is 16. The molecule has 0 saturated carbocycles. The first-order valence-electron chi connectivity index (χ1n) is 28.4. The maximum Gasteiger partial charge on any atom is 0.417 e. The van der Waals surface area contributed by atoms with Crippen LogP contribution in [0.3, 0.4) is 0 Å². The predicted octanol–water partition coefficient (Wildman–Crippen LogP) is 12.6. The van der Waals surface area contributed by atoms with Crippen molar-refractivity contribution < 1.29 is 66.0 Å². The minimum atomic E-state index is -1.05. The average molecular weight is 1150 g/mol. The Balaban J connectivity index is 0.000000241. The van der Waals surface area contributed by atoms with Crippen molar-refractivity contribution in [2.75, 3.05) is 13.2 Å². The topological polar surface area (TPSA) is 216 Å². The van der Waals surface area contributed by atoms with Gasteiger partial charge in [-0.2, -0.15) is 0 Å². The van der Waals surface area contributed by atoms with Crippen LogP contribution in [0, 0.1) is 25.7 Å². The number of esters is 2. The van der Waals surface area contributed by atoms with Crippen molar-refractivity contribution in [1.82, 2.24) is 19.8 Å². The van der Waals surface area contributed by atoms with E-state index in [2.05, 4.69) is 9.97 Å². The van der Waals surface area contributed by atoms with E-state index in [-0.39, 0.29) is 12.8 Å². The molecule has 0 N–H and O–H groups in total. The molecule has 0 radical (unpaired) electrons. The lowest BCUT2D eigenvalue weighted by atomic mass is 9.96. The Morgan fingerprint density at radius 3 is 1.17 bits per heavy atom. The summed E-state index contributed by atoms with van der Waals surface area (Å²) in [5, 5.41) is 0. The molecule has 4 amide bonds. The van der Waals surface area contributed by atoms with Crippen LogP contribution in [0.25, 0.3) is 22.9 Å². The van der Waals surface area contributed by atoms with E-state index in [1.165, 1.54) is 0 Å². The molecule has 448 valence electrons. The molecule has 4 aromatic carbocycles. The van der Waals surface area contributed by atoms with E-state index in [0.29, 0.717) is 62.2 Å². The number of carbonyl (C=O) groups is 6. The van der Waals surface area contributed by atoms with Gasteiger partial charge in [0.25, 0.3) is 0 Å². The molecule has 0 aliphatic carbocycles. The third-order valence-corrected chi connectivity index (χ3v) is 13.2. The molecule has 0 bridgehead atoms. The Kier molecular flexibility index (Phi) is 20.0. The smallest absolute Gasteiger partial charge is 0.417 e. The van der Waals surface area contributed by atoms with Gasteiger partial charge in [0, 0.05) is 35.8 Å². The highest BCUT2D eigenvalue weighted by atomic mass is 16.6. The lowest BCUT2D eigenvalue weighted by Gasteiger charge is -2.28. The molecule has 2 aliphatic rings. The minimum Gasteiger partial charge on any atom is -0.493 e. The van der Waals surface area contributed by atoms with Crippen LogP contribution in [0.5, 0.6) is 11.5 Å². The standard InChI is InChI=1S/2C33H40N2O7/c2*1-21-26(34-28(40-21)23-13-9-8-10-14-23)16-17-39-25-15-11-12-22(19-25)18-24-20-27(30(37)41-32(2,3)4)35(29(24)36)31(38)42-33(5,6)7/h2*8-15,19,24,27H,16-18,20H2,1-7H3/t24-,27+;24-,27-/m10/s1. The summed E-state index contributed by atoms with van der Waals surface area (Å²) in [7, 11) is 0. The molecule has 18 heteroatoms. The normalized spacial score (nSPS) is 17.3. The molecule has 8 rings (SSSR count). The predicted molar refractivity (Wildman–Crippen MR) is 314 cm³/mol. The zero-order chi connectivity index (χ0) is 61.3. The number of aromatic nitrogens is 2. The SMILES string of the molecule is Cc1oc(-c2ccccc2)nc1CCOc1cccc(C[C@@H]2C[C@@H](C(=O)OC(C)(C)C)N(C(=O)OC(C)(C)C)C2=O)c1.Cc1oc(-c2ccccc2)nc1CCOc1cccc(C[C@H]2C[C@@H](C(=O)OC(C)(C)C)N(C(=O)OC(C)(C)C)C2=O)c1. The largest absolute Gasteiger partial charge is 0.493 e. The molecular weight excluding hydrogens is 1070 g/mol. The molecule has 0 spiro atoms. The van der Waals surface area contributed by atoms with Gasteiger partial charge in [0.15, 0.2) is 0 Å². The molecule has 2 aromatic heterocycles. The first-order valence-corrected chi connectivity index (χ1v) is 28.4. The van der Waals surface area contributed by atoms with Crippen LogP contribution in [0.2, 0.25) is 0 Å². The lowest BCUT2D eigenvalue weighted by molar-refractivity contribution is -0.162. The van der Waals surface area contributed by atoms with E-state index in [1.54, 1.807) is 83.1 Å². The fourth-order valence-corrected chi connectivity index (χ4v) is 9.55. The van der Waals surface area contributed by atoms with Gasteiger partial charge < -0.3 is 37.3 Å². The summed E-state index contributed by atoms with van der Waals surface area (Å²) in [5.41, 5.74) is 2.01. The highest BCUT2D eigenvalue weighted by molar-refractivity contribution is 6.02. The maximum atomic E-state index is 13.4. The number of likely N-dealkylation sites (tertiary alicyclic amines) is 2. The number of hydrogen-bond acceptors (Lipinski definition) is 16. The van der Waals surface area contributed by atoms with Crippen LogP contribution >= 0.6 is 0 Å². The van der Waals surface area contributed by atoms with Crippen LogP contribution in [-0.4, -0.2) is 103 Å². The van der Waals surface area contributed by atoms with Crippen molar-refractivity contribution in [3.05, 3.63) is 143 Å². The molecule has 2 aliphatic heterocycles. The number of carbonyl (C=O) groups excluding carboxylic acids is 6. The number of amides is 4. The van der Waals surface area contributed by atoms with E-state index in [9.17, 15) is 28.8 Å². The molecule has 0 unspecified atom stereocenters. The molecule has 2 fully saturated rings. The van der Waals surface area contributed by atoms with Gasteiger partial charge in [-0.25, -0.2) is 38.9 Å². The van der Waals surface area contributed by atoms with Crippen molar-refractivity contribution in [1.29, 1.82) is 0 Å². The van der Waals surface area contributed by atoms with Gasteiger partial charge in [-0.15, -0.1) is 0 Å². The highest BCUT2D eigenvalue weighted by Gasteiger charge is 2.51. The summed E-state index contributed by atoms with van der Waals surface area (Å²) in [5.74, 6) is 0.598. The Hall–Kier alpha value is -8.28. The van der Waals surface area contributed by atoms with Crippen LogP contribution < -0.4 is 9.47 Å². The zero-order valence-corrected chi connectivity index (χ0v) is 50.9. The number of imide groups is 2. The fourth-order valence-electron chi connectivity index (χ4n) is 9.55. The van der Waals surface area contributed by atoms with Crippen molar-refractivity contribution >= 4 is 35.9 Å². The zero-order valence-electron chi connectivity index (χ0n) is 50.9. The summed E-state index contributed by atoms with van der Waals surface area (Å²) in [6, 6.07) is 32.3. The van der Waals surface area contributed by atoms with E-state index < -0.39 is 82.3 Å². The summed E-state index contributed by atoms with van der Waals surface area (Å²) >= 11 is 0. The summed E-state index contributed by atoms with van der Waals surface area (Å²) in [6.07, 6.45) is 0.393. The minimum absolute atomic E-state index is 0.146. The average Bonchev–Trinajstić information content (AvgIpc) is 4.38. The molecule has 4 atom stereocenters. The molecule has 4 heterocycles. The maximum absolute atomic E-state index is 13.4. The van der Waals surface area contributed by atoms with Gasteiger partial charge in [0.1, 0.15) is 57.5 Å². The number of ether oxygens (including phenoxy) is 6. The molecule has 6 aromatic rings. The third kappa shape index (κ3) is 17.9. The molecule has 2 saturated heterocycles. The molecule has 18 nitrogen and oxygen atoms in total. The Morgan fingerprint density at radius 2 is 0.833 bits per heavy atom. The van der Waals surface area contributed by atoms with Crippen molar-refractivity contribution in [3.8, 4) is 34.4 Å². The van der Waals surface area contributed by atoms with Crippen molar-refractivity contribution in [3.63, 3.8) is 0 Å². The second-order valence-corrected chi connectivity index (χ2v) is 25.0. The van der Waals surface area contributed by atoms with Crippen LogP contribution in [0.4, 0.5) is 9.59 Å². The van der Waals surface area contributed by atoms with Crippen LogP contribution in [-0.2, 0) is 63.8 Å². The van der Waals surface area contributed by atoms with E-state index >= 15 is 0 Å². The Bertz CT molecular complexity index is 3050. The number of aryl methyl sites for hydroxylation is 2. The first kappa shape index (κ1) is 63.3. The van der Waals surface area contributed by atoms with Gasteiger partial charge in [-0.1, -0.05) is 60.7 Å². The van der Waals surface area contributed by atoms with Gasteiger partial charge >= 0.3 is 24.1 Å². The van der Waals surface area contributed by atoms with Gasteiger partial charge in [0.2, 0.25) is 23.6 Å². The van der Waals surface area contributed by atoms with Gasteiger partial charge in [-0.05, 0) is 182 Å². The third-order valence-electron chi connectivity index (χ3n) is 13.2. The molecular formula is C66H80N4O14.